The molecular formula is C11H19N5O3S. The zero-order valence-electron chi connectivity index (χ0n) is 11.6. The van der Waals surface area contributed by atoms with Gasteiger partial charge in [0, 0.05) is 19.1 Å². The summed E-state index contributed by atoms with van der Waals surface area (Å²) in [4.78, 5) is 15.9. The summed E-state index contributed by atoms with van der Waals surface area (Å²) in [5, 5.41) is 6.80. The molecule has 2 heterocycles. The number of rotatable bonds is 4. The molecule has 1 N–H and O–H groups in total. The smallest absolute Gasteiger partial charge is 0.244 e. The van der Waals surface area contributed by atoms with E-state index in [0.29, 0.717) is 13.1 Å². The van der Waals surface area contributed by atoms with Crippen LogP contribution in [0.25, 0.3) is 0 Å². The topological polar surface area (TPSA) is 97.2 Å². The molecule has 1 fully saturated rings. The number of hydrogen-bond donors (Lipinski definition) is 1. The van der Waals surface area contributed by atoms with E-state index < -0.39 is 16.1 Å². The lowest BCUT2D eigenvalue weighted by Gasteiger charge is -2.31. The van der Waals surface area contributed by atoms with Crippen LogP contribution in [-0.4, -0.2) is 58.8 Å². The second-order valence-corrected chi connectivity index (χ2v) is 7.00. The minimum atomic E-state index is -3.20. The van der Waals surface area contributed by atoms with Crippen molar-refractivity contribution in [1.29, 1.82) is 0 Å². The van der Waals surface area contributed by atoms with Crippen LogP contribution < -0.4 is 5.32 Å². The predicted octanol–water partition coefficient (Wildman–Crippen LogP) is -0.621. The molecule has 0 aliphatic carbocycles. The highest BCUT2D eigenvalue weighted by atomic mass is 32.2. The summed E-state index contributed by atoms with van der Waals surface area (Å²) < 4.78 is 25.9. The predicted molar refractivity (Wildman–Crippen MR) is 72.3 cm³/mol. The highest BCUT2D eigenvalue weighted by molar-refractivity contribution is 7.88. The number of sulfonamides is 1. The van der Waals surface area contributed by atoms with Crippen molar-refractivity contribution in [2.75, 3.05) is 19.3 Å². The molecule has 1 aliphatic heterocycles. The number of aromatic nitrogens is 3. The highest BCUT2D eigenvalue weighted by Gasteiger charge is 2.28. The van der Waals surface area contributed by atoms with E-state index >= 15 is 0 Å². The van der Waals surface area contributed by atoms with Crippen LogP contribution in [0.15, 0.2) is 12.7 Å². The van der Waals surface area contributed by atoms with E-state index in [2.05, 4.69) is 15.4 Å². The lowest BCUT2D eigenvalue weighted by Crippen LogP contribution is -2.50. The molecule has 1 aromatic heterocycles. The van der Waals surface area contributed by atoms with Crippen molar-refractivity contribution in [2.45, 2.75) is 31.8 Å². The van der Waals surface area contributed by atoms with E-state index in [9.17, 15) is 13.2 Å². The van der Waals surface area contributed by atoms with Crippen LogP contribution in [0, 0.1) is 0 Å². The second-order valence-electron chi connectivity index (χ2n) is 5.02. The largest absolute Gasteiger partial charge is 0.350 e. The van der Waals surface area contributed by atoms with E-state index in [4.69, 9.17) is 0 Å². The molecule has 1 aromatic rings. The molecule has 20 heavy (non-hydrogen) atoms. The van der Waals surface area contributed by atoms with Gasteiger partial charge in [-0.2, -0.15) is 5.10 Å². The minimum absolute atomic E-state index is 0.156. The van der Waals surface area contributed by atoms with Gasteiger partial charge < -0.3 is 5.32 Å². The van der Waals surface area contributed by atoms with E-state index in [1.54, 1.807) is 6.92 Å². The minimum Gasteiger partial charge on any atom is -0.350 e. The van der Waals surface area contributed by atoms with Gasteiger partial charge in [-0.05, 0) is 19.8 Å². The van der Waals surface area contributed by atoms with Gasteiger partial charge in [0.25, 0.3) is 0 Å². The second kappa shape index (κ2) is 5.88. The number of nitrogens with zero attached hydrogens (tertiary/aromatic N) is 4. The van der Waals surface area contributed by atoms with Crippen molar-refractivity contribution in [2.24, 2.45) is 0 Å². The number of hydrogen-bond acceptors (Lipinski definition) is 5. The van der Waals surface area contributed by atoms with Crippen molar-refractivity contribution < 1.29 is 13.2 Å². The van der Waals surface area contributed by atoms with Crippen LogP contribution in [0.2, 0.25) is 0 Å². The monoisotopic (exact) mass is 301 g/mol. The molecule has 0 aromatic carbocycles. The van der Waals surface area contributed by atoms with E-state index in [1.165, 1.54) is 27.9 Å². The Bertz CT molecular complexity index is 557. The quantitative estimate of drug-likeness (QED) is 0.799. The van der Waals surface area contributed by atoms with Crippen molar-refractivity contribution >= 4 is 15.9 Å². The van der Waals surface area contributed by atoms with Crippen molar-refractivity contribution in [3.8, 4) is 0 Å². The maximum atomic E-state index is 12.1. The molecule has 0 saturated carbocycles. The fourth-order valence-corrected chi connectivity index (χ4v) is 3.13. The summed E-state index contributed by atoms with van der Waals surface area (Å²) in [7, 11) is -3.20. The zero-order chi connectivity index (χ0) is 14.8. The van der Waals surface area contributed by atoms with Gasteiger partial charge in [0.1, 0.15) is 18.7 Å². The highest BCUT2D eigenvalue weighted by Crippen LogP contribution is 2.14. The number of nitrogens with one attached hydrogen (secondary N) is 1. The Hall–Kier alpha value is -1.48. The zero-order valence-corrected chi connectivity index (χ0v) is 12.4. The Morgan fingerprint density at radius 2 is 2.25 bits per heavy atom. The Morgan fingerprint density at radius 3 is 2.85 bits per heavy atom. The maximum Gasteiger partial charge on any atom is 0.244 e. The fourth-order valence-electron chi connectivity index (χ4n) is 2.22. The van der Waals surface area contributed by atoms with Crippen molar-refractivity contribution in [3.63, 3.8) is 0 Å². The fraction of sp³-hybridized carbons (Fsp3) is 0.727. The van der Waals surface area contributed by atoms with E-state index in [-0.39, 0.29) is 11.9 Å². The first-order valence-electron chi connectivity index (χ1n) is 6.47. The van der Waals surface area contributed by atoms with Gasteiger partial charge in [-0.15, -0.1) is 0 Å². The molecule has 1 aliphatic rings. The van der Waals surface area contributed by atoms with Crippen LogP contribution in [0.5, 0.6) is 0 Å². The van der Waals surface area contributed by atoms with Gasteiger partial charge in [0.2, 0.25) is 15.9 Å². The van der Waals surface area contributed by atoms with Gasteiger partial charge in [-0.3, -0.25) is 4.79 Å². The van der Waals surface area contributed by atoms with Crippen molar-refractivity contribution in [1.82, 2.24) is 24.4 Å². The summed E-state index contributed by atoms with van der Waals surface area (Å²) in [6.07, 6.45) is 5.57. The first-order chi connectivity index (χ1) is 9.38. The summed E-state index contributed by atoms with van der Waals surface area (Å²) in [5.74, 6) is -0.184. The Kier molecular flexibility index (Phi) is 4.39. The normalized spacial score (nSPS) is 22.4. The number of carbonyl (C=O) groups excluding carboxylic acids is 1. The van der Waals surface area contributed by atoms with Crippen LogP contribution in [0.3, 0.4) is 0 Å². The standard InChI is InChI=1S/C11H19N5O3S/c1-9(16-8-12-7-13-16)11(17)14-10-4-3-5-15(6-10)20(2,18)19/h7-10H,3-6H2,1-2H3,(H,14,17). The molecule has 2 rings (SSSR count). The molecular weight excluding hydrogens is 282 g/mol. The molecule has 2 unspecified atom stereocenters. The number of piperidine rings is 1. The van der Waals surface area contributed by atoms with Gasteiger partial charge >= 0.3 is 0 Å². The maximum absolute atomic E-state index is 12.1. The SMILES string of the molecule is CC(C(=O)NC1CCCN(S(C)(=O)=O)C1)n1cncn1. The van der Waals surface area contributed by atoms with Crippen molar-refractivity contribution in [3.05, 3.63) is 12.7 Å². The van der Waals surface area contributed by atoms with E-state index in [1.807, 2.05) is 0 Å². The molecule has 8 nitrogen and oxygen atoms in total. The average Bonchev–Trinajstić information content (AvgIpc) is 2.91. The first-order valence-corrected chi connectivity index (χ1v) is 8.32. The third-order valence-corrected chi connectivity index (χ3v) is 4.68. The lowest BCUT2D eigenvalue weighted by atomic mass is 10.1. The van der Waals surface area contributed by atoms with Crippen LogP contribution in [0.1, 0.15) is 25.8 Å². The number of amides is 1. The Labute approximate surface area is 118 Å². The van der Waals surface area contributed by atoms with Gasteiger partial charge in [0.15, 0.2) is 0 Å². The molecule has 2 atom stereocenters. The van der Waals surface area contributed by atoms with Gasteiger partial charge in [-0.25, -0.2) is 22.4 Å². The Balaban J connectivity index is 1.94. The van der Waals surface area contributed by atoms with Crippen LogP contribution >= 0.6 is 0 Å². The van der Waals surface area contributed by atoms with Gasteiger partial charge in [-0.1, -0.05) is 0 Å². The third-order valence-electron chi connectivity index (χ3n) is 3.41. The first kappa shape index (κ1) is 14.9. The summed E-state index contributed by atoms with van der Waals surface area (Å²) >= 11 is 0. The van der Waals surface area contributed by atoms with E-state index in [0.717, 1.165) is 12.8 Å². The molecule has 1 saturated heterocycles. The Morgan fingerprint density at radius 1 is 1.50 bits per heavy atom. The molecule has 0 radical (unpaired) electrons. The molecule has 0 bridgehead atoms. The summed E-state index contributed by atoms with van der Waals surface area (Å²) in [5.41, 5.74) is 0. The third kappa shape index (κ3) is 3.54. The lowest BCUT2D eigenvalue weighted by molar-refractivity contribution is -0.125. The molecule has 0 spiro atoms. The summed E-state index contributed by atoms with van der Waals surface area (Å²) in [6.45, 7) is 2.57. The molecule has 9 heteroatoms. The molecule has 112 valence electrons. The molecule has 1 amide bonds. The van der Waals surface area contributed by atoms with Crippen LogP contribution in [0.4, 0.5) is 0 Å². The average molecular weight is 301 g/mol. The summed E-state index contributed by atoms with van der Waals surface area (Å²) in [6, 6.07) is -0.622. The van der Waals surface area contributed by atoms with Crippen LogP contribution in [-0.2, 0) is 14.8 Å². The van der Waals surface area contributed by atoms with Gasteiger partial charge in [0.05, 0.1) is 6.26 Å². The number of carbonyl (C=O) groups is 1.